The molecule has 2 rings (SSSR count). The van der Waals surface area contributed by atoms with E-state index in [1.54, 1.807) is 19.2 Å². The van der Waals surface area contributed by atoms with E-state index in [1.807, 2.05) is 11.0 Å². The predicted octanol–water partition coefficient (Wildman–Crippen LogP) is 3.02. The zero-order valence-corrected chi connectivity index (χ0v) is 12.7. The summed E-state index contributed by atoms with van der Waals surface area (Å²) in [5, 5.41) is 3.86. The number of rotatable bonds is 5. The predicted molar refractivity (Wildman–Crippen MR) is 81.6 cm³/mol. The van der Waals surface area contributed by atoms with Crippen molar-refractivity contribution in [1.82, 2.24) is 4.90 Å². The lowest BCUT2D eigenvalue weighted by molar-refractivity contribution is 0.0725. The maximum atomic E-state index is 12.6. The van der Waals surface area contributed by atoms with Gasteiger partial charge in [-0.25, -0.2) is 0 Å². The molecule has 20 heavy (non-hydrogen) atoms. The molecule has 1 heterocycles. The van der Waals surface area contributed by atoms with Crippen LogP contribution in [0, 0.1) is 0 Å². The molecule has 0 spiro atoms. The molecule has 1 aromatic rings. The molecule has 5 heteroatoms. The molecule has 0 aromatic heterocycles. The van der Waals surface area contributed by atoms with Gasteiger partial charge >= 0.3 is 0 Å². The summed E-state index contributed by atoms with van der Waals surface area (Å²) in [6.07, 6.45) is 2.04. The number of nitrogens with one attached hydrogen (secondary N) is 1. The fourth-order valence-electron chi connectivity index (χ4n) is 2.38. The highest BCUT2D eigenvalue weighted by molar-refractivity contribution is 6.31. The second-order valence-electron chi connectivity index (χ2n) is 5.01. The van der Waals surface area contributed by atoms with E-state index in [4.69, 9.17) is 16.3 Å². The SMILES string of the molecule is CCCNc1ccc(Cl)cc1C(=O)N1CCC(OC)C1. The van der Waals surface area contributed by atoms with E-state index in [0.717, 1.165) is 31.6 Å². The van der Waals surface area contributed by atoms with Crippen LogP contribution in [-0.4, -0.2) is 43.7 Å². The second kappa shape index (κ2) is 6.95. The molecule has 1 unspecified atom stereocenters. The van der Waals surface area contributed by atoms with Gasteiger partial charge in [0.15, 0.2) is 0 Å². The van der Waals surface area contributed by atoms with Gasteiger partial charge in [0.2, 0.25) is 0 Å². The van der Waals surface area contributed by atoms with Crippen LogP contribution in [0.3, 0.4) is 0 Å². The molecule has 0 radical (unpaired) electrons. The minimum Gasteiger partial charge on any atom is -0.384 e. The average Bonchev–Trinajstić information content (AvgIpc) is 2.94. The summed E-state index contributed by atoms with van der Waals surface area (Å²) < 4.78 is 5.31. The molecule has 1 aliphatic heterocycles. The van der Waals surface area contributed by atoms with Crippen LogP contribution in [-0.2, 0) is 4.74 Å². The van der Waals surface area contributed by atoms with Crippen LogP contribution in [0.1, 0.15) is 30.1 Å². The standard InChI is InChI=1S/C15H21ClN2O2/c1-3-7-17-14-5-4-11(16)9-13(14)15(19)18-8-6-12(10-18)20-2/h4-5,9,12,17H,3,6-8,10H2,1-2H3. The topological polar surface area (TPSA) is 41.6 Å². The number of ether oxygens (including phenoxy) is 1. The number of benzene rings is 1. The molecular formula is C15H21ClN2O2. The number of nitrogens with zero attached hydrogens (tertiary/aromatic N) is 1. The summed E-state index contributed by atoms with van der Waals surface area (Å²) >= 11 is 6.03. The van der Waals surface area contributed by atoms with E-state index in [2.05, 4.69) is 12.2 Å². The molecule has 4 nitrogen and oxygen atoms in total. The Balaban J connectivity index is 2.17. The van der Waals surface area contributed by atoms with Crippen LogP contribution in [0.5, 0.6) is 0 Å². The third kappa shape index (κ3) is 3.44. The summed E-state index contributed by atoms with van der Waals surface area (Å²) in [5.74, 6) is 0.0191. The Bertz CT molecular complexity index is 479. The van der Waals surface area contributed by atoms with E-state index < -0.39 is 0 Å². The normalized spacial score (nSPS) is 18.4. The smallest absolute Gasteiger partial charge is 0.256 e. The first-order valence-electron chi connectivity index (χ1n) is 7.01. The van der Waals surface area contributed by atoms with Gasteiger partial charge in [-0.2, -0.15) is 0 Å². The quantitative estimate of drug-likeness (QED) is 0.908. The number of carbonyl (C=O) groups excluding carboxylic acids is 1. The molecule has 1 aliphatic rings. The molecule has 110 valence electrons. The Morgan fingerprint density at radius 3 is 3.00 bits per heavy atom. The Morgan fingerprint density at radius 1 is 1.55 bits per heavy atom. The van der Waals surface area contributed by atoms with Crippen LogP contribution < -0.4 is 5.32 Å². The number of likely N-dealkylation sites (tertiary alicyclic amines) is 1. The first-order valence-corrected chi connectivity index (χ1v) is 7.39. The summed E-state index contributed by atoms with van der Waals surface area (Å²) in [6.45, 7) is 4.31. The van der Waals surface area contributed by atoms with Crippen molar-refractivity contribution < 1.29 is 9.53 Å². The monoisotopic (exact) mass is 296 g/mol. The van der Waals surface area contributed by atoms with Gasteiger partial charge in [-0.05, 0) is 31.0 Å². The van der Waals surface area contributed by atoms with Gasteiger partial charge in [0.25, 0.3) is 5.91 Å². The number of hydrogen-bond donors (Lipinski definition) is 1. The van der Waals surface area contributed by atoms with Gasteiger partial charge in [-0.3, -0.25) is 4.79 Å². The fourth-order valence-corrected chi connectivity index (χ4v) is 2.55. The van der Waals surface area contributed by atoms with Crippen LogP contribution in [0.15, 0.2) is 18.2 Å². The Morgan fingerprint density at radius 2 is 2.35 bits per heavy atom. The lowest BCUT2D eigenvalue weighted by Gasteiger charge is -2.19. The van der Waals surface area contributed by atoms with Gasteiger partial charge in [0.1, 0.15) is 0 Å². The Hall–Kier alpha value is -1.26. The van der Waals surface area contributed by atoms with E-state index >= 15 is 0 Å². The molecule has 1 fully saturated rings. The Labute approximate surface area is 125 Å². The second-order valence-corrected chi connectivity index (χ2v) is 5.45. The fraction of sp³-hybridized carbons (Fsp3) is 0.533. The van der Waals surface area contributed by atoms with Gasteiger partial charge in [-0.1, -0.05) is 18.5 Å². The zero-order chi connectivity index (χ0) is 14.5. The van der Waals surface area contributed by atoms with E-state index in [9.17, 15) is 4.79 Å². The van der Waals surface area contributed by atoms with Crippen molar-refractivity contribution in [3.8, 4) is 0 Å². The lowest BCUT2D eigenvalue weighted by atomic mass is 10.1. The van der Waals surface area contributed by atoms with Crippen molar-refractivity contribution in [3.63, 3.8) is 0 Å². The highest BCUT2D eigenvalue weighted by Gasteiger charge is 2.28. The zero-order valence-electron chi connectivity index (χ0n) is 12.0. The number of anilines is 1. The van der Waals surface area contributed by atoms with Crippen LogP contribution in [0.2, 0.25) is 5.02 Å². The van der Waals surface area contributed by atoms with Crippen molar-refractivity contribution in [3.05, 3.63) is 28.8 Å². The first-order chi connectivity index (χ1) is 9.65. The first kappa shape index (κ1) is 15.1. The number of halogens is 1. The third-order valence-electron chi connectivity index (χ3n) is 3.54. The van der Waals surface area contributed by atoms with E-state index in [-0.39, 0.29) is 12.0 Å². The van der Waals surface area contributed by atoms with Gasteiger partial charge in [-0.15, -0.1) is 0 Å². The molecule has 1 aromatic carbocycles. The number of hydrogen-bond acceptors (Lipinski definition) is 3. The molecule has 0 aliphatic carbocycles. The van der Waals surface area contributed by atoms with Crippen LogP contribution >= 0.6 is 11.6 Å². The van der Waals surface area contributed by atoms with Crippen molar-refractivity contribution >= 4 is 23.2 Å². The van der Waals surface area contributed by atoms with Crippen LogP contribution in [0.4, 0.5) is 5.69 Å². The van der Waals surface area contributed by atoms with Crippen LogP contribution in [0.25, 0.3) is 0 Å². The molecule has 1 atom stereocenters. The van der Waals surface area contributed by atoms with Gasteiger partial charge in [0, 0.05) is 37.5 Å². The van der Waals surface area contributed by atoms with Gasteiger partial charge in [0.05, 0.1) is 11.7 Å². The molecule has 1 amide bonds. The molecule has 0 bridgehead atoms. The maximum absolute atomic E-state index is 12.6. The van der Waals surface area contributed by atoms with Gasteiger partial charge < -0.3 is 15.0 Å². The Kier molecular flexibility index (Phi) is 5.26. The maximum Gasteiger partial charge on any atom is 0.256 e. The van der Waals surface area contributed by atoms with Crippen molar-refractivity contribution in [1.29, 1.82) is 0 Å². The summed E-state index contributed by atoms with van der Waals surface area (Å²) in [4.78, 5) is 14.4. The molecule has 0 saturated carbocycles. The molecule has 1 N–H and O–H groups in total. The third-order valence-corrected chi connectivity index (χ3v) is 3.78. The van der Waals surface area contributed by atoms with E-state index in [0.29, 0.717) is 17.1 Å². The largest absolute Gasteiger partial charge is 0.384 e. The molecule has 1 saturated heterocycles. The number of carbonyl (C=O) groups is 1. The minimum atomic E-state index is 0.0191. The van der Waals surface area contributed by atoms with Crippen molar-refractivity contribution in [2.75, 3.05) is 32.1 Å². The average molecular weight is 297 g/mol. The number of amides is 1. The minimum absolute atomic E-state index is 0.0191. The highest BCUT2D eigenvalue weighted by Crippen LogP contribution is 2.24. The highest BCUT2D eigenvalue weighted by atomic mass is 35.5. The summed E-state index contributed by atoms with van der Waals surface area (Å²) in [7, 11) is 1.69. The summed E-state index contributed by atoms with van der Waals surface area (Å²) in [5.41, 5.74) is 1.49. The lowest BCUT2D eigenvalue weighted by Crippen LogP contribution is -2.30. The van der Waals surface area contributed by atoms with E-state index in [1.165, 1.54) is 0 Å². The summed E-state index contributed by atoms with van der Waals surface area (Å²) in [6, 6.07) is 5.41. The molecular weight excluding hydrogens is 276 g/mol. The number of methoxy groups -OCH3 is 1. The van der Waals surface area contributed by atoms with Crippen molar-refractivity contribution in [2.24, 2.45) is 0 Å². The van der Waals surface area contributed by atoms with Crippen molar-refractivity contribution in [2.45, 2.75) is 25.9 Å².